The molecular weight excluding hydrogens is 603 g/mol. The van der Waals surface area contributed by atoms with Crippen LogP contribution in [0.2, 0.25) is 0 Å². The Balaban J connectivity index is 1.49. The number of nitrogens with one attached hydrogen (secondary N) is 1. The van der Waals surface area contributed by atoms with Gasteiger partial charge in [0.05, 0.1) is 0 Å². The Morgan fingerprint density at radius 3 is 2.16 bits per heavy atom. The van der Waals surface area contributed by atoms with E-state index >= 15 is 0 Å². The molecule has 5 aliphatic rings. The topological polar surface area (TPSA) is 81.7 Å². The van der Waals surface area contributed by atoms with Crippen LogP contribution in [0.1, 0.15) is 120 Å². The summed E-state index contributed by atoms with van der Waals surface area (Å²) in [6, 6.07) is 0. The lowest BCUT2D eigenvalue weighted by molar-refractivity contribution is -0.222. The largest absolute Gasteiger partial charge is 0.534 e. The van der Waals surface area contributed by atoms with Gasteiger partial charge in [0, 0.05) is 11.0 Å². The summed E-state index contributed by atoms with van der Waals surface area (Å²) >= 11 is 0. The highest BCUT2D eigenvalue weighted by Gasteiger charge is 2.71. The lowest BCUT2D eigenvalue weighted by Gasteiger charge is -2.72. The molecule has 10 heteroatoms. The summed E-state index contributed by atoms with van der Waals surface area (Å²) in [7, 11) is -5.75. The summed E-state index contributed by atoms with van der Waals surface area (Å²) in [6.45, 7) is 23.1. The second-order valence-electron chi connectivity index (χ2n) is 17.4. The highest BCUT2D eigenvalue weighted by molar-refractivity contribution is 7.87. The maximum Gasteiger partial charge on any atom is 0.534 e. The molecule has 1 N–H and O–H groups in total. The summed E-state index contributed by atoms with van der Waals surface area (Å²) in [5, 5.41) is 3.41. The van der Waals surface area contributed by atoms with Crippen LogP contribution in [0.25, 0.3) is 0 Å². The lowest BCUT2D eigenvalue weighted by Crippen LogP contribution is -2.68. The van der Waals surface area contributed by atoms with Crippen LogP contribution in [0.15, 0.2) is 24.0 Å². The summed E-state index contributed by atoms with van der Waals surface area (Å²) in [5.74, 6) is 1.12. The number of fused-ring (bicyclic) bond motifs is 7. The van der Waals surface area contributed by atoms with E-state index in [2.05, 4.69) is 39.6 Å². The molecule has 0 bridgehead atoms. The van der Waals surface area contributed by atoms with Crippen LogP contribution in [0, 0.1) is 51.2 Å². The minimum absolute atomic E-state index is 0.0179. The molecule has 4 saturated carbocycles. The van der Waals surface area contributed by atoms with Crippen molar-refractivity contribution in [2.75, 3.05) is 0 Å². The second-order valence-corrected chi connectivity index (χ2v) is 19.0. The van der Waals surface area contributed by atoms with Crippen molar-refractivity contribution in [1.82, 2.24) is 5.32 Å². The van der Waals surface area contributed by atoms with E-state index < -0.39 is 26.6 Å². The standard InChI is InChI=1S/C35H54F3NO5S/c1-21(2)22-13-18-34(39-28(40)43-29(3,4)5)20-19-32(9)23(27(22)34)11-12-25-31(8)16-15-26(44-45(41,42)35(36,37)38)30(6,7)24(31)14-17-33(25,32)10/h15,22-25,27H,1,11-14,16-20H2,2-10H3,(H,39,40)/t22?,23-,24+,25-,27-,31+,32-,33-,34+/m1/s1. The number of halogens is 3. The van der Waals surface area contributed by atoms with Gasteiger partial charge in [-0.15, -0.1) is 0 Å². The van der Waals surface area contributed by atoms with Crippen LogP contribution in [0.5, 0.6) is 0 Å². The van der Waals surface area contributed by atoms with Crippen LogP contribution in [0.4, 0.5) is 18.0 Å². The molecule has 0 aromatic rings. The fraction of sp³-hybridized carbons (Fsp3) is 0.857. The fourth-order valence-electron chi connectivity index (χ4n) is 11.8. The molecule has 0 radical (unpaired) electrons. The molecule has 0 aliphatic heterocycles. The Labute approximate surface area is 268 Å². The van der Waals surface area contributed by atoms with Gasteiger partial charge in [0.1, 0.15) is 11.4 Å². The van der Waals surface area contributed by atoms with Gasteiger partial charge in [-0.2, -0.15) is 21.6 Å². The molecule has 0 aromatic carbocycles. The van der Waals surface area contributed by atoms with E-state index in [0.29, 0.717) is 24.2 Å². The van der Waals surface area contributed by atoms with Gasteiger partial charge < -0.3 is 14.2 Å². The predicted octanol–water partition coefficient (Wildman–Crippen LogP) is 9.28. The smallest absolute Gasteiger partial charge is 0.444 e. The number of allylic oxidation sites excluding steroid dienone is 3. The van der Waals surface area contributed by atoms with E-state index in [9.17, 15) is 26.4 Å². The SMILES string of the molecule is C=C(C)C1CC[C@]2(NC(=O)OC(C)(C)C)CC[C@]3(C)[C@H](CC[C@@H]4[C@@]5(C)CC=C(OS(=O)(=O)C(F)(F)F)C(C)(C)[C@@H]5CC[C@]43C)[C@@H]12. The van der Waals surface area contributed by atoms with Gasteiger partial charge in [0.2, 0.25) is 0 Å². The van der Waals surface area contributed by atoms with Crippen LogP contribution in [0.3, 0.4) is 0 Å². The zero-order valence-electron chi connectivity index (χ0n) is 28.6. The number of alkyl halides is 3. The van der Waals surface area contributed by atoms with Crippen LogP contribution in [-0.4, -0.2) is 31.2 Å². The first-order chi connectivity index (χ1) is 20.3. The molecule has 5 aliphatic carbocycles. The molecular formula is C35H54F3NO5S. The molecule has 0 saturated heterocycles. The fourth-order valence-corrected chi connectivity index (χ4v) is 12.4. The molecule has 0 spiro atoms. The number of alkyl carbamates (subject to hydrolysis) is 1. The quantitative estimate of drug-likeness (QED) is 0.185. The number of rotatable bonds is 4. The van der Waals surface area contributed by atoms with Crippen LogP contribution in [-0.2, 0) is 19.0 Å². The Morgan fingerprint density at radius 1 is 0.933 bits per heavy atom. The van der Waals surface area contributed by atoms with E-state index in [-0.39, 0.29) is 45.5 Å². The van der Waals surface area contributed by atoms with Gasteiger partial charge in [0.25, 0.3) is 0 Å². The molecule has 256 valence electrons. The van der Waals surface area contributed by atoms with Crippen molar-refractivity contribution in [2.45, 2.75) is 137 Å². The van der Waals surface area contributed by atoms with E-state index in [1.54, 1.807) is 6.08 Å². The third kappa shape index (κ3) is 5.16. The maximum absolute atomic E-state index is 13.3. The average Bonchev–Trinajstić information content (AvgIpc) is 3.24. The summed E-state index contributed by atoms with van der Waals surface area (Å²) < 4.78 is 74.5. The molecule has 5 rings (SSSR count). The number of hydrogen-bond acceptors (Lipinski definition) is 5. The number of amides is 1. The summed E-state index contributed by atoms with van der Waals surface area (Å²) in [6.07, 6.45) is 9.16. The van der Waals surface area contributed by atoms with Gasteiger partial charge in [0.15, 0.2) is 0 Å². The summed E-state index contributed by atoms with van der Waals surface area (Å²) in [4.78, 5) is 13.2. The zero-order chi connectivity index (χ0) is 33.8. The average molecular weight is 658 g/mol. The first kappa shape index (κ1) is 34.6. The summed E-state index contributed by atoms with van der Waals surface area (Å²) in [5.41, 5.74) is -6.40. The molecule has 0 aromatic heterocycles. The first-order valence-electron chi connectivity index (χ1n) is 16.7. The van der Waals surface area contributed by atoms with Gasteiger partial charge in [-0.25, -0.2) is 4.79 Å². The van der Waals surface area contributed by atoms with Crippen molar-refractivity contribution in [2.24, 2.45) is 51.2 Å². The Hall–Kier alpha value is -1.71. The maximum atomic E-state index is 13.3. The van der Waals surface area contributed by atoms with Crippen molar-refractivity contribution in [3.05, 3.63) is 24.0 Å². The first-order valence-corrected chi connectivity index (χ1v) is 18.1. The molecule has 45 heavy (non-hydrogen) atoms. The van der Waals surface area contributed by atoms with Crippen molar-refractivity contribution < 1.29 is 35.3 Å². The highest BCUT2D eigenvalue weighted by atomic mass is 32.2. The monoisotopic (exact) mass is 657 g/mol. The van der Waals surface area contributed by atoms with Crippen LogP contribution >= 0.6 is 0 Å². The highest BCUT2D eigenvalue weighted by Crippen LogP contribution is 2.76. The molecule has 0 heterocycles. The zero-order valence-corrected chi connectivity index (χ0v) is 29.4. The Kier molecular flexibility index (Phi) is 8.00. The molecule has 9 atom stereocenters. The van der Waals surface area contributed by atoms with Gasteiger partial charge in [-0.05, 0) is 137 Å². The van der Waals surface area contributed by atoms with Crippen molar-refractivity contribution in [3.63, 3.8) is 0 Å². The van der Waals surface area contributed by atoms with E-state index in [4.69, 9.17) is 8.92 Å². The van der Waals surface area contributed by atoms with E-state index in [1.807, 2.05) is 34.6 Å². The lowest BCUT2D eigenvalue weighted by atomic mass is 9.33. The van der Waals surface area contributed by atoms with Gasteiger partial charge in [-0.3, -0.25) is 0 Å². The third-order valence-electron chi connectivity index (χ3n) is 13.8. The van der Waals surface area contributed by atoms with E-state index in [1.165, 1.54) is 5.57 Å². The van der Waals surface area contributed by atoms with Crippen molar-refractivity contribution in [1.29, 1.82) is 0 Å². The Morgan fingerprint density at radius 2 is 1.58 bits per heavy atom. The van der Waals surface area contributed by atoms with Crippen LogP contribution < -0.4 is 5.32 Å². The molecule has 1 amide bonds. The second kappa shape index (κ2) is 10.4. The number of hydrogen-bond donors (Lipinski definition) is 1. The number of carbonyl (C=O) groups excluding carboxylic acids is 1. The third-order valence-corrected chi connectivity index (χ3v) is 14.8. The minimum atomic E-state index is -5.75. The minimum Gasteiger partial charge on any atom is -0.444 e. The van der Waals surface area contributed by atoms with Crippen molar-refractivity contribution in [3.8, 4) is 0 Å². The van der Waals surface area contributed by atoms with Crippen molar-refractivity contribution >= 4 is 16.2 Å². The van der Waals surface area contributed by atoms with E-state index in [0.717, 1.165) is 51.4 Å². The Bertz CT molecular complexity index is 1380. The predicted molar refractivity (Wildman–Crippen MR) is 168 cm³/mol. The number of carbonyl (C=O) groups is 1. The molecule has 1 unspecified atom stereocenters. The number of ether oxygens (including phenoxy) is 1. The molecule has 4 fully saturated rings. The van der Waals surface area contributed by atoms with Gasteiger partial charge in [-0.1, -0.05) is 46.8 Å². The normalized spacial score (nSPS) is 42.7. The van der Waals surface area contributed by atoms with Gasteiger partial charge >= 0.3 is 21.7 Å². The molecule has 6 nitrogen and oxygen atoms in total.